The summed E-state index contributed by atoms with van der Waals surface area (Å²) in [5.74, 6) is 0.872. The van der Waals surface area contributed by atoms with Crippen molar-refractivity contribution in [3.63, 3.8) is 0 Å². The van der Waals surface area contributed by atoms with Gasteiger partial charge in [-0.1, -0.05) is 25.0 Å². The monoisotopic (exact) mass is 176 g/mol. The first-order valence-electron chi connectivity index (χ1n) is 4.87. The number of nitrogen functional groups attached to an aromatic ring is 1. The molecule has 1 fully saturated rings. The van der Waals surface area contributed by atoms with Crippen LogP contribution in [0.1, 0.15) is 30.9 Å². The van der Waals surface area contributed by atoms with Crippen molar-refractivity contribution in [2.45, 2.75) is 25.3 Å². The van der Waals surface area contributed by atoms with Crippen molar-refractivity contribution in [3.05, 3.63) is 29.8 Å². The predicted octanol–water partition coefficient (Wildman–Crippen LogP) is 2.07. The van der Waals surface area contributed by atoms with E-state index in [1.807, 2.05) is 18.2 Å². The van der Waals surface area contributed by atoms with Gasteiger partial charge in [0.1, 0.15) is 0 Å². The largest absolute Gasteiger partial charge is 0.399 e. The van der Waals surface area contributed by atoms with Crippen LogP contribution < -0.4 is 11.5 Å². The molecule has 70 valence electrons. The van der Waals surface area contributed by atoms with Crippen LogP contribution in [0.15, 0.2) is 24.3 Å². The van der Waals surface area contributed by atoms with Crippen LogP contribution >= 0.6 is 0 Å². The smallest absolute Gasteiger partial charge is 0.0317 e. The van der Waals surface area contributed by atoms with Crippen LogP contribution in [0.25, 0.3) is 0 Å². The standard InChI is InChI=1S/C11H16N2/c12-10-3-1-2-9(7-10)11(13)6-8-4-5-8/h1-3,7-8,11H,4-6,12-13H2. The van der Waals surface area contributed by atoms with Crippen LogP contribution in [0.5, 0.6) is 0 Å². The van der Waals surface area contributed by atoms with E-state index in [0.29, 0.717) is 0 Å². The molecule has 0 aromatic heterocycles. The number of rotatable bonds is 3. The van der Waals surface area contributed by atoms with E-state index in [1.165, 1.54) is 18.4 Å². The van der Waals surface area contributed by atoms with Crippen molar-refractivity contribution in [1.82, 2.24) is 0 Å². The van der Waals surface area contributed by atoms with E-state index < -0.39 is 0 Å². The summed E-state index contributed by atoms with van der Waals surface area (Å²) in [7, 11) is 0. The van der Waals surface area contributed by atoms with Crippen LogP contribution in [0.3, 0.4) is 0 Å². The molecular formula is C11H16N2. The van der Waals surface area contributed by atoms with Gasteiger partial charge in [-0.2, -0.15) is 0 Å². The molecule has 2 nitrogen and oxygen atoms in total. The van der Waals surface area contributed by atoms with Crippen molar-refractivity contribution in [2.75, 3.05) is 5.73 Å². The maximum atomic E-state index is 6.05. The van der Waals surface area contributed by atoms with Gasteiger partial charge in [0.05, 0.1) is 0 Å². The first-order valence-corrected chi connectivity index (χ1v) is 4.87. The normalized spacial score (nSPS) is 18.5. The van der Waals surface area contributed by atoms with Gasteiger partial charge >= 0.3 is 0 Å². The Bertz CT molecular complexity index is 292. The number of hydrogen-bond acceptors (Lipinski definition) is 2. The Balaban J connectivity index is 2.04. The third-order valence-electron chi connectivity index (χ3n) is 2.62. The summed E-state index contributed by atoms with van der Waals surface area (Å²) < 4.78 is 0. The molecule has 0 amide bonds. The molecule has 1 aromatic rings. The second-order valence-corrected chi connectivity index (χ2v) is 3.96. The third-order valence-corrected chi connectivity index (χ3v) is 2.62. The van der Waals surface area contributed by atoms with Gasteiger partial charge in [-0.15, -0.1) is 0 Å². The molecule has 1 atom stereocenters. The molecule has 4 N–H and O–H groups in total. The molecule has 0 spiro atoms. The van der Waals surface area contributed by atoms with Gasteiger partial charge in [0, 0.05) is 11.7 Å². The van der Waals surface area contributed by atoms with Crippen molar-refractivity contribution in [2.24, 2.45) is 11.7 Å². The highest BCUT2D eigenvalue weighted by Crippen LogP contribution is 2.36. The Morgan fingerprint density at radius 2 is 2.15 bits per heavy atom. The molecule has 1 aliphatic rings. The van der Waals surface area contributed by atoms with Gasteiger partial charge in [0.25, 0.3) is 0 Å². The third kappa shape index (κ3) is 2.22. The number of nitrogens with two attached hydrogens (primary N) is 2. The molecule has 2 heteroatoms. The van der Waals surface area contributed by atoms with Gasteiger partial charge in [-0.05, 0) is 30.0 Å². The first kappa shape index (κ1) is 8.57. The molecule has 1 aromatic carbocycles. The zero-order valence-corrected chi connectivity index (χ0v) is 7.74. The molecule has 1 aliphatic carbocycles. The summed E-state index contributed by atoms with van der Waals surface area (Å²) in [5.41, 5.74) is 13.7. The summed E-state index contributed by atoms with van der Waals surface area (Å²) in [6, 6.07) is 8.08. The fourth-order valence-electron chi connectivity index (χ4n) is 1.64. The predicted molar refractivity (Wildman–Crippen MR) is 55.1 cm³/mol. The lowest BCUT2D eigenvalue weighted by atomic mass is 10.0. The molecule has 0 radical (unpaired) electrons. The fourth-order valence-corrected chi connectivity index (χ4v) is 1.64. The topological polar surface area (TPSA) is 52.0 Å². The van der Waals surface area contributed by atoms with Crippen molar-refractivity contribution in [3.8, 4) is 0 Å². The second kappa shape index (κ2) is 3.38. The van der Waals surface area contributed by atoms with Gasteiger partial charge in [-0.3, -0.25) is 0 Å². The van der Waals surface area contributed by atoms with E-state index in [1.54, 1.807) is 0 Å². The van der Waals surface area contributed by atoms with E-state index >= 15 is 0 Å². The quantitative estimate of drug-likeness (QED) is 0.693. The molecule has 0 heterocycles. The summed E-state index contributed by atoms with van der Waals surface area (Å²) in [6.07, 6.45) is 3.83. The van der Waals surface area contributed by atoms with E-state index in [9.17, 15) is 0 Å². The summed E-state index contributed by atoms with van der Waals surface area (Å²) in [4.78, 5) is 0. The average Bonchev–Trinajstić information content (AvgIpc) is 2.88. The highest BCUT2D eigenvalue weighted by Gasteiger charge is 2.24. The average molecular weight is 176 g/mol. The molecule has 13 heavy (non-hydrogen) atoms. The zero-order chi connectivity index (χ0) is 9.26. The van der Waals surface area contributed by atoms with Crippen molar-refractivity contribution >= 4 is 5.69 Å². The molecular weight excluding hydrogens is 160 g/mol. The molecule has 1 saturated carbocycles. The minimum absolute atomic E-state index is 0.177. The number of hydrogen-bond donors (Lipinski definition) is 2. The van der Waals surface area contributed by atoms with Crippen LogP contribution in [0, 0.1) is 5.92 Å². The van der Waals surface area contributed by atoms with Gasteiger partial charge in [0.2, 0.25) is 0 Å². The lowest BCUT2D eigenvalue weighted by molar-refractivity contribution is 0.597. The highest BCUT2D eigenvalue weighted by molar-refractivity contribution is 5.41. The Labute approximate surface area is 78.9 Å². The van der Waals surface area contributed by atoms with Gasteiger partial charge < -0.3 is 11.5 Å². The van der Waals surface area contributed by atoms with E-state index in [-0.39, 0.29) is 6.04 Å². The maximum Gasteiger partial charge on any atom is 0.0317 e. The Morgan fingerprint density at radius 1 is 1.38 bits per heavy atom. The number of anilines is 1. The highest BCUT2D eigenvalue weighted by atomic mass is 14.6. The molecule has 2 rings (SSSR count). The van der Waals surface area contributed by atoms with Crippen molar-refractivity contribution < 1.29 is 0 Å². The first-order chi connectivity index (χ1) is 6.25. The number of benzene rings is 1. The Morgan fingerprint density at radius 3 is 2.77 bits per heavy atom. The summed E-state index contributed by atoms with van der Waals surface area (Å²) in [5, 5.41) is 0. The second-order valence-electron chi connectivity index (χ2n) is 3.96. The maximum absolute atomic E-state index is 6.05. The lowest BCUT2D eigenvalue weighted by Crippen LogP contribution is -2.11. The van der Waals surface area contributed by atoms with Crippen molar-refractivity contribution in [1.29, 1.82) is 0 Å². The zero-order valence-electron chi connectivity index (χ0n) is 7.74. The summed E-state index contributed by atoms with van der Waals surface area (Å²) in [6.45, 7) is 0. The minimum atomic E-state index is 0.177. The Kier molecular flexibility index (Phi) is 2.23. The van der Waals surface area contributed by atoms with Crippen LogP contribution in [-0.2, 0) is 0 Å². The molecule has 1 unspecified atom stereocenters. The minimum Gasteiger partial charge on any atom is -0.399 e. The molecule has 0 aliphatic heterocycles. The Hall–Kier alpha value is -1.02. The van der Waals surface area contributed by atoms with Crippen LogP contribution in [-0.4, -0.2) is 0 Å². The van der Waals surface area contributed by atoms with Crippen LogP contribution in [0.4, 0.5) is 5.69 Å². The van der Waals surface area contributed by atoms with Gasteiger partial charge in [0.15, 0.2) is 0 Å². The van der Waals surface area contributed by atoms with E-state index in [0.717, 1.165) is 18.0 Å². The molecule has 0 saturated heterocycles. The fraction of sp³-hybridized carbons (Fsp3) is 0.455. The van der Waals surface area contributed by atoms with Gasteiger partial charge in [-0.25, -0.2) is 0 Å². The summed E-state index contributed by atoms with van der Waals surface area (Å²) >= 11 is 0. The molecule has 0 bridgehead atoms. The van der Waals surface area contributed by atoms with E-state index in [4.69, 9.17) is 11.5 Å². The van der Waals surface area contributed by atoms with E-state index in [2.05, 4.69) is 6.07 Å². The SMILES string of the molecule is Nc1cccc(C(N)CC2CC2)c1. The van der Waals surface area contributed by atoms with Crippen LogP contribution in [0.2, 0.25) is 0 Å². The lowest BCUT2D eigenvalue weighted by Gasteiger charge is -2.11.